The Labute approximate surface area is 170 Å². The van der Waals surface area contributed by atoms with Gasteiger partial charge in [0.25, 0.3) is 5.56 Å². The van der Waals surface area contributed by atoms with E-state index in [9.17, 15) is 14.0 Å². The fourth-order valence-corrected chi connectivity index (χ4v) is 5.47. The number of carbonyl (C=O) groups excluding carboxylic acids is 1. The molecule has 0 saturated carbocycles. The summed E-state index contributed by atoms with van der Waals surface area (Å²) in [6.45, 7) is 1.96. The molecule has 1 N–H and O–H groups in total. The molecule has 2 heterocycles. The van der Waals surface area contributed by atoms with Crippen LogP contribution in [-0.4, -0.2) is 21.2 Å². The number of rotatable bonds is 5. The SMILES string of the molecule is Cc1ccc(CNC(=O)CSc2nc3sc4c(c3c(=O)n2C)CCC4)cc1F. The van der Waals surface area contributed by atoms with Gasteiger partial charge in [-0.15, -0.1) is 11.3 Å². The van der Waals surface area contributed by atoms with Crippen molar-refractivity contribution in [2.45, 2.75) is 37.9 Å². The normalized spacial score (nSPS) is 13.1. The number of aromatic nitrogens is 2. The summed E-state index contributed by atoms with van der Waals surface area (Å²) >= 11 is 2.83. The Kier molecular flexibility index (Phi) is 5.25. The van der Waals surface area contributed by atoms with Crippen LogP contribution in [0.15, 0.2) is 28.2 Å². The first kappa shape index (κ1) is 19.1. The molecule has 8 heteroatoms. The van der Waals surface area contributed by atoms with Crippen molar-refractivity contribution in [3.8, 4) is 0 Å². The van der Waals surface area contributed by atoms with Crippen LogP contribution < -0.4 is 10.9 Å². The van der Waals surface area contributed by atoms with Crippen molar-refractivity contribution >= 4 is 39.2 Å². The van der Waals surface area contributed by atoms with E-state index in [4.69, 9.17) is 0 Å². The molecule has 0 radical (unpaired) electrons. The molecule has 0 atom stereocenters. The van der Waals surface area contributed by atoms with Gasteiger partial charge in [-0.1, -0.05) is 23.9 Å². The highest BCUT2D eigenvalue weighted by molar-refractivity contribution is 7.99. The van der Waals surface area contributed by atoms with Gasteiger partial charge < -0.3 is 5.32 Å². The Morgan fingerprint density at radius 2 is 2.21 bits per heavy atom. The number of halogens is 1. The summed E-state index contributed by atoms with van der Waals surface area (Å²) in [5.74, 6) is -0.323. The average Bonchev–Trinajstić information content (AvgIpc) is 3.25. The fourth-order valence-electron chi connectivity index (χ4n) is 3.36. The zero-order valence-corrected chi connectivity index (χ0v) is 17.3. The minimum Gasteiger partial charge on any atom is -0.351 e. The van der Waals surface area contributed by atoms with Gasteiger partial charge in [0.15, 0.2) is 5.16 Å². The Balaban J connectivity index is 1.43. The van der Waals surface area contributed by atoms with E-state index >= 15 is 0 Å². The number of nitrogens with zero attached hydrogens (tertiary/aromatic N) is 2. The van der Waals surface area contributed by atoms with Crippen molar-refractivity contribution in [2.24, 2.45) is 7.05 Å². The monoisotopic (exact) mass is 417 g/mol. The fraction of sp³-hybridized carbons (Fsp3) is 0.350. The van der Waals surface area contributed by atoms with Crippen molar-refractivity contribution < 1.29 is 9.18 Å². The molecule has 0 aliphatic heterocycles. The van der Waals surface area contributed by atoms with E-state index in [1.165, 1.54) is 27.3 Å². The lowest BCUT2D eigenvalue weighted by molar-refractivity contribution is -0.118. The van der Waals surface area contributed by atoms with Crippen LogP contribution in [0.2, 0.25) is 0 Å². The van der Waals surface area contributed by atoms with Gasteiger partial charge in [0, 0.05) is 18.5 Å². The number of benzene rings is 1. The zero-order valence-electron chi connectivity index (χ0n) is 15.7. The maximum Gasteiger partial charge on any atom is 0.262 e. The van der Waals surface area contributed by atoms with E-state index in [2.05, 4.69) is 10.3 Å². The van der Waals surface area contributed by atoms with Crippen molar-refractivity contribution in [2.75, 3.05) is 5.75 Å². The van der Waals surface area contributed by atoms with Gasteiger partial charge in [-0.05, 0) is 48.9 Å². The Morgan fingerprint density at radius 3 is 3.00 bits per heavy atom. The standard InChI is InChI=1S/C20H20FN3O2S2/c1-11-6-7-12(8-14(11)21)9-22-16(25)10-27-20-23-18-17(19(26)24(20)2)13-4-3-5-15(13)28-18/h6-8H,3-5,9-10H2,1-2H3,(H,22,25). The second kappa shape index (κ2) is 7.67. The van der Waals surface area contributed by atoms with E-state index in [-0.39, 0.29) is 29.6 Å². The third-order valence-electron chi connectivity index (χ3n) is 4.96. The highest BCUT2D eigenvalue weighted by Crippen LogP contribution is 2.35. The van der Waals surface area contributed by atoms with E-state index < -0.39 is 0 Å². The summed E-state index contributed by atoms with van der Waals surface area (Å²) in [5.41, 5.74) is 2.41. The predicted octanol–water partition coefficient (Wildman–Crippen LogP) is 3.34. The van der Waals surface area contributed by atoms with Crippen LogP contribution in [-0.2, 0) is 31.2 Å². The molecule has 0 unspecified atom stereocenters. The summed E-state index contributed by atoms with van der Waals surface area (Å²) in [4.78, 5) is 31.6. The molecule has 0 fully saturated rings. The number of aryl methyl sites for hydroxylation is 3. The van der Waals surface area contributed by atoms with Gasteiger partial charge >= 0.3 is 0 Å². The van der Waals surface area contributed by atoms with E-state index in [1.54, 1.807) is 37.4 Å². The molecule has 1 aromatic carbocycles. The lowest BCUT2D eigenvalue weighted by atomic mass is 10.1. The first-order chi connectivity index (χ1) is 13.4. The maximum absolute atomic E-state index is 13.6. The summed E-state index contributed by atoms with van der Waals surface area (Å²) in [5, 5.41) is 4.06. The third-order valence-corrected chi connectivity index (χ3v) is 7.18. The number of fused-ring (bicyclic) bond motifs is 3. The number of hydrogen-bond donors (Lipinski definition) is 1. The minimum atomic E-state index is -0.281. The van der Waals surface area contributed by atoms with Crippen molar-refractivity contribution in [3.63, 3.8) is 0 Å². The lowest BCUT2D eigenvalue weighted by Gasteiger charge is -2.09. The van der Waals surface area contributed by atoms with E-state index in [0.717, 1.165) is 35.0 Å². The summed E-state index contributed by atoms with van der Waals surface area (Å²) in [6.07, 6.45) is 3.06. The minimum absolute atomic E-state index is 0.0394. The van der Waals surface area contributed by atoms with Crippen LogP contribution in [0.25, 0.3) is 10.2 Å². The Hall–Kier alpha value is -2.19. The van der Waals surface area contributed by atoms with Crippen LogP contribution in [0, 0.1) is 12.7 Å². The first-order valence-corrected chi connectivity index (χ1v) is 10.9. The van der Waals surface area contributed by atoms with Crippen LogP contribution in [0.1, 0.15) is 28.0 Å². The quantitative estimate of drug-likeness (QED) is 0.511. The topological polar surface area (TPSA) is 64.0 Å². The van der Waals surface area contributed by atoms with Crippen LogP contribution in [0.5, 0.6) is 0 Å². The highest BCUT2D eigenvalue weighted by atomic mass is 32.2. The van der Waals surface area contributed by atoms with Gasteiger partial charge in [-0.2, -0.15) is 0 Å². The maximum atomic E-state index is 13.6. The number of amides is 1. The smallest absolute Gasteiger partial charge is 0.262 e. The zero-order chi connectivity index (χ0) is 19.8. The van der Waals surface area contributed by atoms with Gasteiger partial charge in [0.1, 0.15) is 10.6 Å². The number of nitrogens with one attached hydrogen (secondary N) is 1. The average molecular weight is 418 g/mol. The largest absolute Gasteiger partial charge is 0.351 e. The molecule has 1 aliphatic carbocycles. The molecule has 28 heavy (non-hydrogen) atoms. The number of hydrogen-bond acceptors (Lipinski definition) is 5. The predicted molar refractivity (Wildman–Crippen MR) is 111 cm³/mol. The van der Waals surface area contributed by atoms with E-state index in [1.807, 2.05) is 0 Å². The van der Waals surface area contributed by atoms with E-state index in [0.29, 0.717) is 16.3 Å². The molecule has 0 saturated heterocycles. The van der Waals surface area contributed by atoms with Crippen LogP contribution in [0.3, 0.4) is 0 Å². The van der Waals surface area contributed by atoms with Crippen molar-refractivity contribution in [1.82, 2.24) is 14.9 Å². The van der Waals surface area contributed by atoms with Crippen molar-refractivity contribution in [1.29, 1.82) is 0 Å². The van der Waals surface area contributed by atoms with Crippen molar-refractivity contribution in [3.05, 3.63) is 55.9 Å². The molecule has 5 nitrogen and oxygen atoms in total. The van der Waals surface area contributed by atoms with Gasteiger partial charge in [-0.25, -0.2) is 9.37 Å². The van der Waals surface area contributed by atoms with Crippen LogP contribution in [0.4, 0.5) is 4.39 Å². The number of carbonyl (C=O) groups is 1. The summed E-state index contributed by atoms with van der Waals surface area (Å²) in [7, 11) is 1.70. The highest BCUT2D eigenvalue weighted by Gasteiger charge is 2.22. The van der Waals surface area contributed by atoms with Crippen LogP contribution >= 0.6 is 23.1 Å². The molecule has 0 bridgehead atoms. The summed E-state index contributed by atoms with van der Waals surface area (Å²) < 4.78 is 15.1. The summed E-state index contributed by atoms with van der Waals surface area (Å²) in [6, 6.07) is 4.91. The second-order valence-electron chi connectivity index (χ2n) is 6.94. The molecule has 4 rings (SSSR count). The number of thioether (sulfide) groups is 1. The molecular formula is C20H20FN3O2S2. The molecule has 0 spiro atoms. The Morgan fingerprint density at radius 1 is 1.39 bits per heavy atom. The Bertz CT molecular complexity index is 1140. The molecule has 1 amide bonds. The lowest BCUT2D eigenvalue weighted by Crippen LogP contribution is -2.26. The molecule has 3 aromatic rings. The van der Waals surface area contributed by atoms with Gasteiger partial charge in [0.2, 0.25) is 5.91 Å². The molecule has 146 valence electrons. The second-order valence-corrected chi connectivity index (χ2v) is 8.97. The van der Waals surface area contributed by atoms with Gasteiger partial charge in [0.05, 0.1) is 11.1 Å². The first-order valence-electron chi connectivity index (χ1n) is 9.10. The molecule has 2 aromatic heterocycles. The number of thiophene rings is 1. The molecule has 1 aliphatic rings. The third kappa shape index (κ3) is 3.58. The molecular weight excluding hydrogens is 397 g/mol. The van der Waals surface area contributed by atoms with Gasteiger partial charge in [-0.3, -0.25) is 14.2 Å².